The quantitative estimate of drug-likeness (QED) is 0.222. The first-order chi connectivity index (χ1) is 17.6. The van der Waals surface area contributed by atoms with Crippen LogP contribution in [0, 0.1) is 34.8 Å². The zero-order chi connectivity index (χ0) is 26.3. The molecule has 2 aromatic carbocycles. The molecule has 4 fully saturated rings. The van der Waals surface area contributed by atoms with E-state index in [1.54, 1.807) is 18.1 Å². The van der Waals surface area contributed by atoms with Gasteiger partial charge in [0.05, 0.1) is 25.4 Å². The third kappa shape index (κ3) is 5.36. The minimum Gasteiger partial charge on any atom is -0.326 e. The standard InChI is InChI=1S/C29H31F5O3/c1-2-3-4-12-27-16-35-29(36-17-27,37-18-27)22-8-5-19(6-9-22)20-7-10-23-21(14-20)15-25(30)24(26(23)31)11-13-28(32,33)34/h7,10,14-15,19,22H,2-6,8-9,12,16-18H2,1H3. The van der Waals surface area contributed by atoms with Crippen molar-refractivity contribution < 1.29 is 36.2 Å². The number of halogens is 5. The average molecular weight is 523 g/mol. The van der Waals surface area contributed by atoms with Crippen molar-refractivity contribution in [1.82, 2.24) is 0 Å². The predicted molar refractivity (Wildman–Crippen MR) is 129 cm³/mol. The number of alkyl halides is 3. The molecule has 0 aromatic heterocycles. The lowest BCUT2D eigenvalue weighted by atomic mass is 9.76. The van der Waals surface area contributed by atoms with E-state index in [1.165, 1.54) is 18.9 Å². The molecule has 2 bridgehead atoms. The molecule has 0 radical (unpaired) electrons. The molecule has 0 atom stereocenters. The third-order valence-corrected chi connectivity index (χ3v) is 8.13. The molecule has 0 N–H and O–H groups in total. The topological polar surface area (TPSA) is 27.7 Å². The molecule has 0 unspecified atom stereocenters. The Hall–Kier alpha value is -2.21. The zero-order valence-corrected chi connectivity index (χ0v) is 20.9. The van der Waals surface area contributed by atoms with Crippen LogP contribution in [0.3, 0.4) is 0 Å². The van der Waals surface area contributed by atoms with Gasteiger partial charge in [-0.2, -0.15) is 13.2 Å². The van der Waals surface area contributed by atoms with Crippen molar-refractivity contribution in [2.24, 2.45) is 11.3 Å². The monoisotopic (exact) mass is 522 g/mol. The van der Waals surface area contributed by atoms with Crippen LogP contribution < -0.4 is 0 Å². The Bertz CT molecular complexity index is 1180. The number of unbranched alkanes of at least 4 members (excludes halogenated alkanes) is 2. The molecule has 8 heteroatoms. The number of benzene rings is 2. The van der Waals surface area contributed by atoms with Crippen LogP contribution >= 0.6 is 0 Å². The number of fused-ring (bicyclic) bond motifs is 4. The molecule has 3 saturated heterocycles. The lowest BCUT2D eigenvalue weighted by molar-refractivity contribution is -0.488. The van der Waals surface area contributed by atoms with Gasteiger partial charge >= 0.3 is 6.18 Å². The summed E-state index contributed by atoms with van der Waals surface area (Å²) >= 11 is 0. The minimum absolute atomic E-state index is 0.0397. The fourth-order valence-corrected chi connectivity index (χ4v) is 5.96. The van der Waals surface area contributed by atoms with E-state index in [1.807, 2.05) is 0 Å². The maximum absolute atomic E-state index is 14.8. The van der Waals surface area contributed by atoms with Gasteiger partial charge < -0.3 is 14.2 Å². The predicted octanol–water partition coefficient (Wildman–Crippen LogP) is 7.60. The molecule has 1 aliphatic carbocycles. The Morgan fingerprint density at radius 3 is 2.24 bits per heavy atom. The van der Waals surface area contributed by atoms with Crippen molar-refractivity contribution >= 4 is 10.8 Å². The molecule has 4 aliphatic rings. The number of rotatable bonds is 6. The molecular formula is C29H31F5O3. The summed E-state index contributed by atoms with van der Waals surface area (Å²) in [7, 11) is 0. The van der Waals surface area contributed by atoms with E-state index in [9.17, 15) is 22.0 Å². The Morgan fingerprint density at radius 2 is 1.62 bits per heavy atom. The lowest BCUT2D eigenvalue weighted by Gasteiger charge is -2.55. The molecule has 2 aromatic rings. The van der Waals surface area contributed by atoms with Crippen molar-refractivity contribution in [3.63, 3.8) is 0 Å². The second kappa shape index (κ2) is 10.2. The SMILES string of the molecule is CCCCCC12COC(C3CCC(c4ccc5c(F)c(C#CC(F)(F)F)c(F)cc5c4)CC3)(OC1)OC2. The summed E-state index contributed by atoms with van der Waals surface area (Å²) in [4.78, 5) is 0. The van der Waals surface area contributed by atoms with E-state index < -0.39 is 29.3 Å². The van der Waals surface area contributed by atoms with Crippen LogP contribution in [0.25, 0.3) is 10.8 Å². The smallest absolute Gasteiger partial charge is 0.326 e. The summed E-state index contributed by atoms with van der Waals surface area (Å²) in [5.74, 6) is -0.313. The summed E-state index contributed by atoms with van der Waals surface area (Å²) in [6, 6.07) is 6.04. The van der Waals surface area contributed by atoms with Crippen molar-refractivity contribution in [1.29, 1.82) is 0 Å². The summed E-state index contributed by atoms with van der Waals surface area (Å²) in [5.41, 5.74) is 0.0372. The van der Waals surface area contributed by atoms with E-state index in [-0.39, 0.29) is 22.6 Å². The van der Waals surface area contributed by atoms with E-state index in [4.69, 9.17) is 14.2 Å². The van der Waals surface area contributed by atoms with E-state index in [0.717, 1.165) is 56.1 Å². The Labute approximate surface area is 213 Å². The molecule has 6 rings (SSSR count). The first kappa shape index (κ1) is 26.4. The van der Waals surface area contributed by atoms with Crippen LogP contribution in [0.4, 0.5) is 22.0 Å². The summed E-state index contributed by atoms with van der Waals surface area (Å²) in [6.07, 6.45) is 3.08. The maximum atomic E-state index is 14.8. The van der Waals surface area contributed by atoms with Crippen molar-refractivity contribution in [2.45, 2.75) is 76.4 Å². The van der Waals surface area contributed by atoms with Gasteiger partial charge in [-0.05, 0) is 55.0 Å². The van der Waals surface area contributed by atoms with Gasteiger partial charge in [-0.1, -0.05) is 50.3 Å². The highest BCUT2D eigenvalue weighted by atomic mass is 19.4. The van der Waals surface area contributed by atoms with E-state index in [2.05, 4.69) is 6.92 Å². The van der Waals surface area contributed by atoms with Crippen molar-refractivity contribution in [3.05, 3.63) is 47.0 Å². The molecule has 3 nitrogen and oxygen atoms in total. The molecule has 0 spiro atoms. The van der Waals surface area contributed by atoms with Gasteiger partial charge in [-0.15, -0.1) is 0 Å². The van der Waals surface area contributed by atoms with Crippen LogP contribution in [0.2, 0.25) is 0 Å². The van der Waals surface area contributed by atoms with Crippen LogP contribution in [-0.2, 0) is 14.2 Å². The van der Waals surface area contributed by atoms with Crippen LogP contribution in [0.1, 0.15) is 75.3 Å². The van der Waals surface area contributed by atoms with E-state index in [0.29, 0.717) is 25.2 Å². The second-order valence-corrected chi connectivity index (χ2v) is 10.8. The number of hydrogen-bond acceptors (Lipinski definition) is 3. The van der Waals surface area contributed by atoms with Crippen LogP contribution in [-0.4, -0.2) is 32.0 Å². The first-order valence-electron chi connectivity index (χ1n) is 13.1. The van der Waals surface area contributed by atoms with Crippen molar-refractivity contribution in [2.75, 3.05) is 19.8 Å². The van der Waals surface area contributed by atoms with Crippen LogP contribution in [0.5, 0.6) is 0 Å². The maximum Gasteiger partial charge on any atom is 0.458 e. The zero-order valence-electron chi connectivity index (χ0n) is 20.9. The first-order valence-corrected chi connectivity index (χ1v) is 13.1. The lowest BCUT2D eigenvalue weighted by Crippen LogP contribution is -2.63. The van der Waals surface area contributed by atoms with Gasteiger partial charge in [0.15, 0.2) is 0 Å². The van der Waals surface area contributed by atoms with E-state index >= 15 is 0 Å². The van der Waals surface area contributed by atoms with Gasteiger partial charge in [0, 0.05) is 22.6 Å². The van der Waals surface area contributed by atoms with Gasteiger partial charge in [0.25, 0.3) is 5.97 Å². The Balaban J connectivity index is 1.25. The molecular weight excluding hydrogens is 491 g/mol. The molecule has 200 valence electrons. The molecule has 1 saturated carbocycles. The molecule has 37 heavy (non-hydrogen) atoms. The normalized spacial score (nSPS) is 29.8. The highest BCUT2D eigenvalue weighted by molar-refractivity contribution is 5.85. The Morgan fingerprint density at radius 1 is 0.946 bits per heavy atom. The van der Waals surface area contributed by atoms with Gasteiger partial charge in [0.2, 0.25) is 0 Å². The summed E-state index contributed by atoms with van der Waals surface area (Å²) in [6.45, 7) is 4.17. The Kier molecular flexibility index (Phi) is 7.25. The fourth-order valence-electron chi connectivity index (χ4n) is 5.96. The molecule has 3 aliphatic heterocycles. The molecule has 0 amide bonds. The summed E-state index contributed by atoms with van der Waals surface area (Å²) < 4.78 is 85.0. The molecule has 3 heterocycles. The van der Waals surface area contributed by atoms with Gasteiger partial charge in [-0.25, -0.2) is 8.78 Å². The second-order valence-electron chi connectivity index (χ2n) is 10.8. The summed E-state index contributed by atoms with van der Waals surface area (Å²) in [5, 5.41) is 0.353. The van der Waals surface area contributed by atoms with Gasteiger partial charge in [0.1, 0.15) is 11.6 Å². The number of hydrogen-bond donors (Lipinski definition) is 0. The number of ether oxygens (including phenoxy) is 3. The highest BCUT2D eigenvalue weighted by Gasteiger charge is 2.56. The third-order valence-electron chi connectivity index (χ3n) is 8.13. The van der Waals surface area contributed by atoms with Crippen LogP contribution in [0.15, 0.2) is 24.3 Å². The largest absolute Gasteiger partial charge is 0.458 e. The average Bonchev–Trinajstić information content (AvgIpc) is 2.89. The fraction of sp³-hybridized carbons (Fsp3) is 0.586. The minimum atomic E-state index is -4.83. The van der Waals surface area contributed by atoms with Crippen molar-refractivity contribution in [3.8, 4) is 11.8 Å². The highest BCUT2D eigenvalue weighted by Crippen LogP contribution is 2.50. The van der Waals surface area contributed by atoms with Gasteiger partial charge in [-0.3, -0.25) is 0 Å².